The molecule has 7 heteroatoms. The third kappa shape index (κ3) is 3.41. The first-order valence-electron chi connectivity index (χ1n) is 7.96. The number of fused-ring (bicyclic) bond motifs is 1. The molecular formula is C18H18ClFN4O. The van der Waals surface area contributed by atoms with Crippen molar-refractivity contribution in [3.8, 4) is 5.69 Å². The van der Waals surface area contributed by atoms with Gasteiger partial charge in [-0.2, -0.15) is 0 Å². The van der Waals surface area contributed by atoms with Crippen molar-refractivity contribution in [3.05, 3.63) is 63.7 Å². The van der Waals surface area contributed by atoms with Gasteiger partial charge in [-0.15, -0.1) is 0 Å². The summed E-state index contributed by atoms with van der Waals surface area (Å²) in [5, 5.41) is 0.561. The standard InChI is InChI=1S/C18H18ClFN4O/c1-10(2)6-14(21)17-23-15-5-3-4-13(19)16(15)18(25)24(17)12-7-11(20)8-22-9-12/h3-5,7-10,14H,6,21H2,1-2H3. The summed E-state index contributed by atoms with van der Waals surface area (Å²) in [6, 6.07) is 5.80. The maximum atomic E-state index is 13.7. The molecule has 0 radical (unpaired) electrons. The van der Waals surface area contributed by atoms with Gasteiger partial charge in [-0.25, -0.2) is 9.37 Å². The van der Waals surface area contributed by atoms with Crippen molar-refractivity contribution < 1.29 is 4.39 Å². The highest BCUT2D eigenvalue weighted by atomic mass is 35.5. The monoisotopic (exact) mass is 360 g/mol. The number of nitrogens with zero attached hydrogens (tertiary/aromatic N) is 3. The van der Waals surface area contributed by atoms with Gasteiger partial charge in [0.15, 0.2) is 0 Å². The van der Waals surface area contributed by atoms with E-state index in [-0.39, 0.29) is 16.1 Å². The van der Waals surface area contributed by atoms with Crippen LogP contribution >= 0.6 is 11.6 Å². The number of halogens is 2. The van der Waals surface area contributed by atoms with Crippen molar-refractivity contribution in [2.75, 3.05) is 0 Å². The van der Waals surface area contributed by atoms with Crippen LogP contribution in [0.4, 0.5) is 4.39 Å². The summed E-state index contributed by atoms with van der Waals surface area (Å²) in [7, 11) is 0. The van der Waals surface area contributed by atoms with Gasteiger partial charge in [-0.05, 0) is 24.5 Å². The van der Waals surface area contributed by atoms with Crippen molar-refractivity contribution in [3.63, 3.8) is 0 Å². The highest BCUT2D eigenvalue weighted by molar-refractivity contribution is 6.35. The minimum absolute atomic E-state index is 0.272. The molecule has 0 spiro atoms. The van der Waals surface area contributed by atoms with Crippen LogP contribution in [-0.4, -0.2) is 14.5 Å². The molecule has 25 heavy (non-hydrogen) atoms. The number of hydrogen-bond acceptors (Lipinski definition) is 4. The highest BCUT2D eigenvalue weighted by Crippen LogP contribution is 2.24. The summed E-state index contributed by atoms with van der Waals surface area (Å²) in [6.45, 7) is 4.06. The smallest absolute Gasteiger partial charge is 0.267 e. The van der Waals surface area contributed by atoms with Crippen molar-refractivity contribution >= 4 is 22.5 Å². The van der Waals surface area contributed by atoms with E-state index < -0.39 is 17.4 Å². The lowest BCUT2D eigenvalue weighted by Crippen LogP contribution is -2.29. The summed E-state index contributed by atoms with van der Waals surface area (Å²) in [6.07, 6.45) is 3.10. The molecule has 5 nitrogen and oxygen atoms in total. The molecule has 0 bridgehead atoms. The fourth-order valence-electron chi connectivity index (χ4n) is 2.84. The van der Waals surface area contributed by atoms with E-state index in [1.54, 1.807) is 18.2 Å². The second-order valence-corrected chi connectivity index (χ2v) is 6.75. The average molecular weight is 361 g/mol. The molecule has 130 valence electrons. The lowest BCUT2D eigenvalue weighted by atomic mass is 10.0. The molecule has 1 atom stereocenters. The number of pyridine rings is 1. The fourth-order valence-corrected chi connectivity index (χ4v) is 3.09. The van der Waals surface area contributed by atoms with Crippen LogP contribution in [0, 0.1) is 11.7 Å². The normalized spacial score (nSPS) is 12.7. The largest absolute Gasteiger partial charge is 0.321 e. The van der Waals surface area contributed by atoms with Gasteiger partial charge >= 0.3 is 0 Å². The predicted molar refractivity (Wildman–Crippen MR) is 96.5 cm³/mol. The molecule has 3 rings (SSSR count). The second-order valence-electron chi connectivity index (χ2n) is 6.34. The number of rotatable bonds is 4. The molecule has 2 heterocycles. The molecule has 2 N–H and O–H groups in total. The van der Waals surface area contributed by atoms with Crippen LogP contribution in [0.2, 0.25) is 5.02 Å². The van der Waals surface area contributed by atoms with Crippen LogP contribution in [0.5, 0.6) is 0 Å². The lowest BCUT2D eigenvalue weighted by molar-refractivity contribution is 0.485. The Labute approximate surface area is 149 Å². The Kier molecular flexibility index (Phi) is 4.83. The first-order valence-corrected chi connectivity index (χ1v) is 8.34. The summed E-state index contributed by atoms with van der Waals surface area (Å²) in [4.78, 5) is 21.5. The van der Waals surface area contributed by atoms with Crippen LogP contribution in [0.1, 0.15) is 32.1 Å². The fraction of sp³-hybridized carbons (Fsp3) is 0.278. The molecule has 0 amide bonds. The van der Waals surface area contributed by atoms with Crippen LogP contribution in [-0.2, 0) is 0 Å². The van der Waals surface area contributed by atoms with Crippen molar-refractivity contribution in [2.24, 2.45) is 11.7 Å². The minimum Gasteiger partial charge on any atom is -0.321 e. The lowest BCUT2D eigenvalue weighted by Gasteiger charge is -2.20. The molecule has 2 aromatic heterocycles. The van der Waals surface area contributed by atoms with Gasteiger partial charge in [-0.3, -0.25) is 14.3 Å². The van der Waals surface area contributed by atoms with Gasteiger partial charge in [0, 0.05) is 6.07 Å². The summed E-state index contributed by atoms with van der Waals surface area (Å²) < 4.78 is 15.0. The number of nitrogens with two attached hydrogens (primary N) is 1. The highest BCUT2D eigenvalue weighted by Gasteiger charge is 2.20. The maximum absolute atomic E-state index is 13.7. The number of hydrogen-bond donors (Lipinski definition) is 1. The molecular weight excluding hydrogens is 343 g/mol. The van der Waals surface area contributed by atoms with E-state index >= 15 is 0 Å². The molecule has 1 unspecified atom stereocenters. The van der Waals surface area contributed by atoms with Crippen LogP contribution in [0.25, 0.3) is 16.6 Å². The molecule has 0 fully saturated rings. The number of aromatic nitrogens is 3. The van der Waals surface area contributed by atoms with Crippen molar-refractivity contribution in [1.29, 1.82) is 0 Å². The zero-order valence-electron chi connectivity index (χ0n) is 13.9. The van der Waals surface area contributed by atoms with Gasteiger partial charge in [0.1, 0.15) is 11.6 Å². The molecule has 0 aliphatic carbocycles. The van der Waals surface area contributed by atoms with Gasteiger partial charge in [0.05, 0.1) is 40.0 Å². The zero-order chi connectivity index (χ0) is 18.1. The van der Waals surface area contributed by atoms with Gasteiger partial charge in [0.2, 0.25) is 0 Å². The third-order valence-electron chi connectivity index (χ3n) is 3.88. The maximum Gasteiger partial charge on any atom is 0.267 e. The summed E-state index contributed by atoms with van der Waals surface area (Å²) in [5.74, 6) is 0.119. The predicted octanol–water partition coefficient (Wildman–Crippen LogP) is 3.62. The Morgan fingerprint density at radius 1 is 1.32 bits per heavy atom. The quantitative estimate of drug-likeness (QED) is 0.771. The SMILES string of the molecule is CC(C)CC(N)c1nc2cccc(Cl)c2c(=O)n1-c1cncc(F)c1. The Bertz CT molecular complexity index is 986. The summed E-state index contributed by atoms with van der Waals surface area (Å²) >= 11 is 6.19. The first-order chi connectivity index (χ1) is 11.9. The van der Waals surface area contributed by atoms with E-state index in [1.807, 2.05) is 13.8 Å². The number of benzene rings is 1. The second kappa shape index (κ2) is 6.90. The molecule has 1 aromatic carbocycles. The Morgan fingerprint density at radius 2 is 2.08 bits per heavy atom. The van der Waals surface area contributed by atoms with Gasteiger partial charge in [-0.1, -0.05) is 31.5 Å². The molecule has 0 aliphatic heterocycles. The van der Waals surface area contributed by atoms with Gasteiger partial charge < -0.3 is 5.73 Å². The Balaban J connectivity index is 2.36. The third-order valence-corrected chi connectivity index (χ3v) is 4.19. The van der Waals surface area contributed by atoms with Crippen LogP contribution < -0.4 is 11.3 Å². The van der Waals surface area contributed by atoms with E-state index in [1.165, 1.54) is 16.8 Å². The van der Waals surface area contributed by atoms with Crippen LogP contribution in [0.3, 0.4) is 0 Å². The Hall–Kier alpha value is -2.31. The van der Waals surface area contributed by atoms with Gasteiger partial charge in [0.25, 0.3) is 5.56 Å². The topological polar surface area (TPSA) is 73.8 Å². The molecule has 0 saturated carbocycles. The molecule has 3 aromatic rings. The van der Waals surface area contributed by atoms with E-state index in [0.717, 1.165) is 6.20 Å². The van der Waals surface area contributed by atoms with E-state index in [4.69, 9.17) is 17.3 Å². The minimum atomic E-state index is -0.549. The van der Waals surface area contributed by atoms with Crippen molar-refractivity contribution in [1.82, 2.24) is 14.5 Å². The molecule has 0 aliphatic rings. The van der Waals surface area contributed by atoms with E-state index in [9.17, 15) is 9.18 Å². The summed E-state index contributed by atoms with van der Waals surface area (Å²) in [5.41, 5.74) is 6.65. The van der Waals surface area contributed by atoms with E-state index in [0.29, 0.717) is 23.7 Å². The van der Waals surface area contributed by atoms with Crippen molar-refractivity contribution in [2.45, 2.75) is 26.3 Å². The average Bonchev–Trinajstić information content (AvgIpc) is 2.53. The van der Waals surface area contributed by atoms with E-state index in [2.05, 4.69) is 9.97 Å². The zero-order valence-corrected chi connectivity index (χ0v) is 14.7. The Morgan fingerprint density at radius 3 is 2.76 bits per heavy atom. The first kappa shape index (κ1) is 17.5. The molecule has 0 saturated heterocycles. The van der Waals surface area contributed by atoms with Crippen LogP contribution in [0.15, 0.2) is 41.5 Å².